The van der Waals surface area contributed by atoms with Gasteiger partial charge in [0.1, 0.15) is 0 Å². The molecule has 1 atom stereocenters. The third-order valence-electron chi connectivity index (χ3n) is 5.54. The number of nitrogens with one attached hydrogen (secondary N) is 2. The summed E-state index contributed by atoms with van der Waals surface area (Å²) in [5.74, 6) is 0. The van der Waals surface area contributed by atoms with Crippen molar-refractivity contribution in [1.29, 1.82) is 0 Å². The molecule has 2 N–H and O–H groups in total. The maximum Gasteiger partial charge on any atom is 0.347 e. The first-order valence-electron chi connectivity index (χ1n) is 10.6. The van der Waals surface area contributed by atoms with Crippen molar-refractivity contribution in [2.75, 3.05) is 25.0 Å². The minimum absolute atomic E-state index is 0.165. The smallest absolute Gasteiger partial charge is 0.336 e. The monoisotopic (exact) mass is 417 g/mol. The van der Waals surface area contributed by atoms with Crippen LogP contribution in [-0.4, -0.2) is 40.1 Å². The van der Waals surface area contributed by atoms with E-state index in [2.05, 4.69) is 32.7 Å². The molecule has 7 nitrogen and oxygen atoms in total. The van der Waals surface area contributed by atoms with Gasteiger partial charge in [-0.15, -0.1) is 0 Å². The molecule has 0 radical (unpaired) electrons. The fourth-order valence-corrected chi connectivity index (χ4v) is 4.00. The molecule has 0 unspecified atom stereocenters. The molecular formula is C24H27N5O2. The normalized spacial score (nSPS) is 14.8. The summed E-state index contributed by atoms with van der Waals surface area (Å²) in [6.07, 6.45) is 5.57. The number of carbonyl (C=O) groups is 1. The van der Waals surface area contributed by atoms with Crippen molar-refractivity contribution in [2.24, 2.45) is 0 Å². The zero-order valence-electron chi connectivity index (χ0n) is 17.4. The molecule has 2 aromatic carbocycles. The minimum atomic E-state index is -0.299. The number of carbonyl (C=O) groups excluding carboxylic acids is 1. The summed E-state index contributed by atoms with van der Waals surface area (Å²) in [7, 11) is 0. The molecule has 31 heavy (non-hydrogen) atoms. The van der Waals surface area contributed by atoms with Gasteiger partial charge in [-0.1, -0.05) is 42.5 Å². The molecular weight excluding hydrogens is 390 g/mol. The summed E-state index contributed by atoms with van der Waals surface area (Å²) in [6.45, 7) is 3.05. The standard InChI is InChI=1S/C24H27N5O2/c30-23(26-17-22(28-13-4-5-14-28)20-9-2-1-3-10-20)27-21-11-6-8-19(16-21)18-29-15-7-12-25-24(29)31/h1-3,6-12,15-16,22H,4-5,13-14,17-18H2,(H2,26,27,30)/t22-/m0/s1. The van der Waals surface area contributed by atoms with Gasteiger partial charge in [-0.25, -0.2) is 14.6 Å². The first-order chi connectivity index (χ1) is 15.2. The number of hydrogen-bond donors (Lipinski definition) is 2. The van der Waals surface area contributed by atoms with Gasteiger partial charge in [-0.3, -0.25) is 9.47 Å². The van der Waals surface area contributed by atoms with Crippen LogP contribution in [0.5, 0.6) is 0 Å². The molecule has 3 aromatic rings. The van der Waals surface area contributed by atoms with E-state index in [1.165, 1.54) is 29.2 Å². The number of rotatable bonds is 7. The van der Waals surface area contributed by atoms with Gasteiger partial charge in [0.2, 0.25) is 0 Å². The molecule has 7 heteroatoms. The van der Waals surface area contributed by atoms with Crippen molar-refractivity contribution < 1.29 is 4.79 Å². The highest BCUT2D eigenvalue weighted by atomic mass is 16.2. The highest BCUT2D eigenvalue weighted by Crippen LogP contribution is 2.24. The Balaban J connectivity index is 1.38. The van der Waals surface area contributed by atoms with Crippen LogP contribution in [0.3, 0.4) is 0 Å². The van der Waals surface area contributed by atoms with Gasteiger partial charge < -0.3 is 10.6 Å². The van der Waals surface area contributed by atoms with Gasteiger partial charge in [0.05, 0.1) is 12.6 Å². The van der Waals surface area contributed by atoms with E-state index in [1.54, 1.807) is 12.3 Å². The van der Waals surface area contributed by atoms with E-state index >= 15 is 0 Å². The molecule has 2 heterocycles. The van der Waals surface area contributed by atoms with Crippen molar-refractivity contribution in [2.45, 2.75) is 25.4 Å². The summed E-state index contributed by atoms with van der Waals surface area (Å²) in [5.41, 5.74) is 2.51. The first kappa shape index (κ1) is 20.8. The third-order valence-corrected chi connectivity index (χ3v) is 5.54. The van der Waals surface area contributed by atoms with Gasteiger partial charge in [-0.2, -0.15) is 0 Å². The Labute approximate surface area is 181 Å². The van der Waals surface area contributed by atoms with E-state index in [0.29, 0.717) is 18.8 Å². The lowest BCUT2D eigenvalue weighted by Crippen LogP contribution is -2.38. The van der Waals surface area contributed by atoms with Gasteiger partial charge >= 0.3 is 11.7 Å². The number of aromatic nitrogens is 2. The Morgan fingerprint density at radius 1 is 1.03 bits per heavy atom. The third kappa shape index (κ3) is 5.58. The van der Waals surface area contributed by atoms with Gasteiger partial charge in [0.15, 0.2) is 0 Å². The quantitative estimate of drug-likeness (QED) is 0.619. The Kier molecular flexibility index (Phi) is 6.74. The molecule has 0 spiro atoms. The van der Waals surface area contributed by atoms with E-state index in [1.807, 2.05) is 42.5 Å². The number of hydrogen-bond acceptors (Lipinski definition) is 4. The van der Waals surface area contributed by atoms with E-state index in [9.17, 15) is 9.59 Å². The average molecular weight is 418 g/mol. The first-order valence-corrected chi connectivity index (χ1v) is 10.6. The summed E-state index contributed by atoms with van der Waals surface area (Å²) in [5, 5.41) is 5.94. The van der Waals surface area contributed by atoms with Crippen molar-refractivity contribution in [3.05, 3.63) is 94.7 Å². The van der Waals surface area contributed by atoms with Crippen LogP contribution in [0.4, 0.5) is 10.5 Å². The second-order valence-electron chi connectivity index (χ2n) is 7.74. The average Bonchev–Trinajstić information content (AvgIpc) is 3.31. The minimum Gasteiger partial charge on any atom is -0.336 e. The molecule has 1 aliphatic heterocycles. The number of nitrogens with zero attached hydrogens (tertiary/aromatic N) is 3. The molecule has 4 rings (SSSR count). The topological polar surface area (TPSA) is 79.3 Å². The fourth-order valence-electron chi connectivity index (χ4n) is 4.00. The number of anilines is 1. The summed E-state index contributed by atoms with van der Waals surface area (Å²) in [4.78, 5) is 30.6. The van der Waals surface area contributed by atoms with Gasteiger partial charge in [0.25, 0.3) is 0 Å². The van der Waals surface area contributed by atoms with Crippen LogP contribution < -0.4 is 16.3 Å². The molecule has 1 aromatic heterocycles. The van der Waals surface area contributed by atoms with E-state index in [-0.39, 0.29) is 17.8 Å². The predicted octanol–water partition coefficient (Wildman–Crippen LogP) is 3.25. The zero-order valence-corrected chi connectivity index (χ0v) is 17.4. The number of amides is 2. The predicted molar refractivity (Wildman–Crippen MR) is 121 cm³/mol. The summed E-state index contributed by atoms with van der Waals surface area (Å²) < 4.78 is 1.53. The second kappa shape index (κ2) is 10.0. The van der Waals surface area contributed by atoms with Crippen molar-refractivity contribution >= 4 is 11.7 Å². The Hall–Kier alpha value is -3.45. The Morgan fingerprint density at radius 3 is 2.61 bits per heavy atom. The molecule has 1 saturated heterocycles. The maximum atomic E-state index is 12.6. The van der Waals surface area contributed by atoms with Gasteiger partial charge in [-0.05, 0) is 55.3 Å². The SMILES string of the molecule is O=C(NC[C@@H](c1ccccc1)N1CCCC1)Nc1cccc(Cn2cccnc2=O)c1. The number of benzene rings is 2. The molecule has 0 saturated carbocycles. The maximum absolute atomic E-state index is 12.6. The van der Waals surface area contributed by atoms with Crippen molar-refractivity contribution in [1.82, 2.24) is 19.8 Å². The van der Waals surface area contributed by atoms with Crippen LogP contribution >= 0.6 is 0 Å². The van der Waals surface area contributed by atoms with E-state index < -0.39 is 0 Å². The van der Waals surface area contributed by atoms with Crippen LogP contribution in [0, 0.1) is 0 Å². The van der Waals surface area contributed by atoms with Crippen LogP contribution in [0.2, 0.25) is 0 Å². The zero-order chi connectivity index (χ0) is 21.5. The molecule has 0 bridgehead atoms. The van der Waals surface area contributed by atoms with Crippen molar-refractivity contribution in [3.63, 3.8) is 0 Å². The molecule has 0 aliphatic carbocycles. The fraction of sp³-hybridized carbons (Fsp3) is 0.292. The van der Waals surface area contributed by atoms with E-state index in [0.717, 1.165) is 18.7 Å². The lowest BCUT2D eigenvalue weighted by atomic mass is 10.1. The molecule has 160 valence electrons. The largest absolute Gasteiger partial charge is 0.347 e. The van der Waals surface area contributed by atoms with E-state index in [4.69, 9.17) is 0 Å². The number of urea groups is 1. The summed E-state index contributed by atoms with van der Waals surface area (Å²) in [6, 6.07) is 19.5. The van der Waals surface area contributed by atoms with Crippen LogP contribution in [0.25, 0.3) is 0 Å². The van der Waals surface area contributed by atoms with Crippen molar-refractivity contribution in [3.8, 4) is 0 Å². The molecule has 1 aliphatic rings. The Morgan fingerprint density at radius 2 is 1.84 bits per heavy atom. The molecule has 2 amide bonds. The Bertz CT molecular complexity index is 1060. The highest BCUT2D eigenvalue weighted by Gasteiger charge is 2.23. The van der Waals surface area contributed by atoms with Gasteiger partial charge in [0, 0.05) is 24.6 Å². The molecule has 1 fully saturated rings. The lowest BCUT2D eigenvalue weighted by molar-refractivity contribution is 0.227. The van der Waals surface area contributed by atoms with Crippen LogP contribution in [0.1, 0.15) is 30.0 Å². The number of likely N-dealkylation sites (tertiary alicyclic amines) is 1. The lowest BCUT2D eigenvalue weighted by Gasteiger charge is -2.28. The second-order valence-corrected chi connectivity index (χ2v) is 7.74. The van der Waals surface area contributed by atoms with Crippen LogP contribution in [0.15, 0.2) is 77.9 Å². The summed E-state index contributed by atoms with van der Waals surface area (Å²) >= 11 is 0. The highest BCUT2D eigenvalue weighted by molar-refractivity contribution is 5.89. The van der Waals surface area contributed by atoms with Crippen LogP contribution in [-0.2, 0) is 6.54 Å².